The van der Waals surface area contributed by atoms with E-state index in [1.165, 1.54) is 10.9 Å². The number of nitrogens with two attached hydrogens (primary N) is 1. The van der Waals surface area contributed by atoms with Gasteiger partial charge in [-0.3, -0.25) is 14.2 Å². The summed E-state index contributed by atoms with van der Waals surface area (Å²) in [6.45, 7) is 2.51. The van der Waals surface area contributed by atoms with Crippen molar-refractivity contribution in [2.45, 2.75) is 25.9 Å². The van der Waals surface area contributed by atoms with Gasteiger partial charge in [-0.25, -0.2) is 4.98 Å². The van der Waals surface area contributed by atoms with E-state index in [0.717, 1.165) is 4.47 Å². The summed E-state index contributed by atoms with van der Waals surface area (Å²) in [5, 5.41) is 3.29. The number of fused-ring (bicyclic) bond motifs is 1. The minimum Gasteiger partial charge on any atom is -0.352 e. The largest absolute Gasteiger partial charge is 0.352 e. The molecule has 2 aromatic rings. The molecule has 112 valence electrons. The van der Waals surface area contributed by atoms with E-state index in [4.69, 9.17) is 5.73 Å². The number of rotatable bonds is 5. The summed E-state index contributed by atoms with van der Waals surface area (Å²) >= 11 is 3.34. The van der Waals surface area contributed by atoms with Crippen LogP contribution in [-0.4, -0.2) is 28.0 Å². The first kappa shape index (κ1) is 15.7. The van der Waals surface area contributed by atoms with Crippen LogP contribution in [0.3, 0.4) is 0 Å². The summed E-state index contributed by atoms with van der Waals surface area (Å²) < 4.78 is 2.27. The monoisotopic (exact) mass is 352 g/mol. The Bertz CT molecular complexity index is 714. The Morgan fingerprint density at radius 1 is 1.52 bits per heavy atom. The number of hydrogen-bond donors (Lipinski definition) is 2. The smallest absolute Gasteiger partial charge is 0.261 e. The molecule has 6 nitrogen and oxygen atoms in total. The Balaban J connectivity index is 2.14. The molecule has 0 aliphatic heterocycles. The van der Waals surface area contributed by atoms with Crippen molar-refractivity contribution in [2.75, 3.05) is 6.54 Å². The van der Waals surface area contributed by atoms with Crippen molar-refractivity contribution >= 4 is 32.7 Å². The third-order valence-corrected chi connectivity index (χ3v) is 3.62. The van der Waals surface area contributed by atoms with Gasteiger partial charge in [-0.1, -0.05) is 15.9 Å². The predicted molar refractivity (Wildman–Crippen MR) is 85.0 cm³/mol. The van der Waals surface area contributed by atoms with Crippen LogP contribution in [0.15, 0.2) is 33.8 Å². The molecule has 1 aromatic carbocycles. The number of halogens is 1. The minimum atomic E-state index is -0.152. The predicted octanol–water partition coefficient (Wildman–Crippen LogP) is 1.01. The first-order valence-corrected chi connectivity index (χ1v) is 7.44. The molecular formula is C14H17BrN4O2. The molecule has 0 bridgehead atoms. The Morgan fingerprint density at radius 3 is 3.00 bits per heavy atom. The van der Waals surface area contributed by atoms with Gasteiger partial charge < -0.3 is 11.1 Å². The van der Waals surface area contributed by atoms with Gasteiger partial charge in [0.25, 0.3) is 5.56 Å². The maximum Gasteiger partial charge on any atom is 0.261 e. The van der Waals surface area contributed by atoms with E-state index in [0.29, 0.717) is 17.4 Å². The van der Waals surface area contributed by atoms with Crippen LogP contribution < -0.4 is 16.6 Å². The molecule has 0 aliphatic carbocycles. The van der Waals surface area contributed by atoms with Crippen LogP contribution in [0.5, 0.6) is 0 Å². The van der Waals surface area contributed by atoms with Crippen LogP contribution >= 0.6 is 15.9 Å². The number of nitrogens with one attached hydrogen (secondary N) is 1. The van der Waals surface area contributed by atoms with Gasteiger partial charge >= 0.3 is 0 Å². The molecule has 0 aliphatic rings. The average molecular weight is 353 g/mol. The second-order valence-corrected chi connectivity index (χ2v) is 5.77. The molecule has 1 amide bonds. The highest BCUT2D eigenvalue weighted by Gasteiger charge is 2.08. The molecular weight excluding hydrogens is 336 g/mol. The Kier molecular flexibility index (Phi) is 5.08. The van der Waals surface area contributed by atoms with E-state index in [9.17, 15) is 9.59 Å². The zero-order valence-corrected chi connectivity index (χ0v) is 13.3. The molecule has 1 atom stereocenters. The number of hydrogen-bond acceptors (Lipinski definition) is 4. The highest BCUT2D eigenvalue weighted by Crippen LogP contribution is 2.14. The molecule has 0 saturated carbocycles. The number of aromatic nitrogens is 2. The summed E-state index contributed by atoms with van der Waals surface area (Å²) in [6.07, 6.45) is 1.68. The standard InChI is InChI=1S/C14H17BrN4O2/c1-9(7-16)18-13(20)4-5-19-8-17-12-3-2-10(15)6-11(12)14(19)21/h2-3,6,8-9H,4-5,7,16H2,1H3,(H,18,20)/t9-/m0/s1. The Hall–Kier alpha value is -1.73. The van der Waals surface area contributed by atoms with E-state index < -0.39 is 0 Å². The SMILES string of the molecule is C[C@@H](CN)NC(=O)CCn1cnc2ccc(Br)cc2c1=O. The van der Waals surface area contributed by atoms with E-state index in [1.807, 2.05) is 13.0 Å². The molecule has 3 N–H and O–H groups in total. The summed E-state index contributed by atoms with van der Waals surface area (Å²) in [4.78, 5) is 28.3. The van der Waals surface area contributed by atoms with E-state index >= 15 is 0 Å². The van der Waals surface area contributed by atoms with Crippen molar-refractivity contribution in [2.24, 2.45) is 5.73 Å². The maximum absolute atomic E-state index is 12.3. The normalized spacial score (nSPS) is 12.3. The van der Waals surface area contributed by atoms with Gasteiger partial charge in [-0.2, -0.15) is 0 Å². The van der Waals surface area contributed by atoms with Crippen LogP contribution in [0.1, 0.15) is 13.3 Å². The van der Waals surface area contributed by atoms with Crippen LogP contribution in [-0.2, 0) is 11.3 Å². The number of benzene rings is 1. The molecule has 7 heteroatoms. The minimum absolute atomic E-state index is 0.0695. The summed E-state index contributed by atoms with van der Waals surface area (Å²) in [5.41, 5.74) is 5.93. The second kappa shape index (κ2) is 6.82. The van der Waals surface area contributed by atoms with Crippen molar-refractivity contribution in [1.29, 1.82) is 0 Å². The molecule has 1 aromatic heterocycles. The lowest BCUT2D eigenvalue weighted by Crippen LogP contribution is -2.38. The van der Waals surface area contributed by atoms with Crippen LogP contribution in [0.2, 0.25) is 0 Å². The van der Waals surface area contributed by atoms with E-state index in [2.05, 4.69) is 26.2 Å². The third-order valence-electron chi connectivity index (χ3n) is 3.13. The fourth-order valence-electron chi connectivity index (χ4n) is 1.92. The fraction of sp³-hybridized carbons (Fsp3) is 0.357. The Labute approximate surface area is 130 Å². The highest BCUT2D eigenvalue weighted by atomic mass is 79.9. The van der Waals surface area contributed by atoms with Gasteiger partial charge in [0.1, 0.15) is 0 Å². The molecule has 21 heavy (non-hydrogen) atoms. The lowest BCUT2D eigenvalue weighted by molar-refractivity contribution is -0.121. The van der Waals surface area contributed by atoms with Crippen molar-refractivity contribution < 1.29 is 4.79 Å². The summed E-state index contributed by atoms with van der Waals surface area (Å²) in [7, 11) is 0. The summed E-state index contributed by atoms with van der Waals surface area (Å²) in [6, 6.07) is 5.28. The first-order valence-electron chi connectivity index (χ1n) is 6.65. The Morgan fingerprint density at radius 2 is 2.29 bits per heavy atom. The molecule has 0 radical (unpaired) electrons. The zero-order chi connectivity index (χ0) is 15.4. The first-order chi connectivity index (χ1) is 10.0. The fourth-order valence-corrected chi connectivity index (χ4v) is 2.28. The van der Waals surface area contributed by atoms with Gasteiger partial charge in [-0.05, 0) is 25.1 Å². The number of carbonyl (C=O) groups is 1. The molecule has 0 unspecified atom stereocenters. The van der Waals surface area contributed by atoms with Gasteiger partial charge in [0.05, 0.1) is 17.2 Å². The molecule has 2 rings (SSSR count). The number of amides is 1. The highest BCUT2D eigenvalue weighted by molar-refractivity contribution is 9.10. The van der Waals surface area contributed by atoms with E-state index in [-0.39, 0.29) is 30.5 Å². The van der Waals surface area contributed by atoms with Crippen LogP contribution in [0.25, 0.3) is 10.9 Å². The quantitative estimate of drug-likeness (QED) is 0.840. The van der Waals surface area contributed by atoms with Gasteiger partial charge in [-0.15, -0.1) is 0 Å². The summed E-state index contributed by atoms with van der Waals surface area (Å²) in [5.74, 6) is -0.130. The molecule has 0 spiro atoms. The lowest BCUT2D eigenvalue weighted by Gasteiger charge is -2.11. The second-order valence-electron chi connectivity index (χ2n) is 4.86. The van der Waals surface area contributed by atoms with Gasteiger partial charge in [0, 0.05) is 30.0 Å². The average Bonchev–Trinajstić information content (AvgIpc) is 2.47. The van der Waals surface area contributed by atoms with Crippen molar-refractivity contribution in [1.82, 2.24) is 14.9 Å². The van der Waals surface area contributed by atoms with Crippen molar-refractivity contribution in [3.63, 3.8) is 0 Å². The van der Waals surface area contributed by atoms with Crippen LogP contribution in [0, 0.1) is 0 Å². The zero-order valence-electron chi connectivity index (χ0n) is 11.7. The topological polar surface area (TPSA) is 90.0 Å². The number of carbonyl (C=O) groups excluding carboxylic acids is 1. The molecule has 1 heterocycles. The number of aryl methyl sites for hydroxylation is 1. The van der Waals surface area contributed by atoms with Crippen molar-refractivity contribution in [3.8, 4) is 0 Å². The van der Waals surface area contributed by atoms with E-state index in [1.54, 1.807) is 12.1 Å². The van der Waals surface area contributed by atoms with Gasteiger partial charge in [0.2, 0.25) is 5.91 Å². The van der Waals surface area contributed by atoms with Crippen LogP contribution in [0.4, 0.5) is 0 Å². The van der Waals surface area contributed by atoms with Crippen molar-refractivity contribution in [3.05, 3.63) is 39.4 Å². The third kappa shape index (κ3) is 3.89. The lowest BCUT2D eigenvalue weighted by atomic mass is 10.2. The van der Waals surface area contributed by atoms with Gasteiger partial charge in [0.15, 0.2) is 0 Å². The molecule has 0 saturated heterocycles. The number of nitrogens with zero attached hydrogens (tertiary/aromatic N) is 2. The maximum atomic E-state index is 12.3. The molecule has 0 fully saturated rings.